The van der Waals surface area contributed by atoms with Crippen LogP contribution >= 0.6 is 31.9 Å². The first-order chi connectivity index (χ1) is 11.5. The van der Waals surface area contributed by atoms with Gasteiger partial charge >= 0.3 is 0 Å². The highest BCUT2D eigenvalue weighted by Crippen LogP contribution is 2.20. The number of carbonyl (C=O) groups excluding carboxylic acids is 1. The van der Waals surface area contributed by atoms with Crippen LogP contribution in [0.15, 0.2) is 63.7 Å². The van der Waals surface area contributed by atoms with Gasteiger partial charge in [-0.25, -0.2) is 9.07 Å². The van der Waals surface area contributed by atoms with Crippen LogP contribution in [0.5, 0.6) is 0 Å². The summed E-state index contributed by atoms with van der Waals surface area (Å²) in [6.07, 6.45) is 1.62. The van der Waals surface area contributed by atoms with Crippen LogP contribution in [0.4, 0.5) is 10.2 Å². The van der Waals surface area contributed by atoms with Gasteiger partial charge in [0, 0.05) is 15.0 Å². The van der Waals surface area contributed by atoms with E-state index in [0.717, 1.165) is 10.0 Å². The lowest BCUT2D eigenvalue weighted by Gasteiger charge is -2.10. The Morgan fingerprint density at radius 2 is 1.88 bits per heavy atom. The number of nitrogens with one attached hydrogen (secondary N) is 1. The molecule has 4 nitrogen and oxygen atoms in total. The lowest BCUT2D eigenvalue weighted by Crippen LogP contribution is -2.16. The minimum absolute atomic E-state index is 0.334. The molecule has 1 amide bonds. The van der Waals surface area contributed by atoms with E-state index in [1.807, 2.05) is 24.3 Å². The van der Waals surface area contributed by atoms with Gasteiger partial charge in [0.1, 0.15) is 11.6 Å². The number of nitrogens with zero attached hydrogens (tertiary/aromatic N) is 2. The molecule has 1 N–H and O–H groups in total. The van der Waals surface area contributed by atoms with Gasteiger partial charge in [-0.1, -0.05) is 28.1 Å². The summed E-state index contributed by atoms with van der Waals surface area (Å²) in [6.45, 7) is 0.528. The molecule has 24 heavy (non-hydrogen) atoms. The Bertz CT molecular complexity index is 878. The van der Waals surface area contributed by atoms with E-state index in [1.165, 1.54) is 18.2 Å². The van der Waals surface area contributed by atoms with E-state index in [4.69, 9.17) is 0 Å². The zero-order chi connectivity index (χ0) is 17.1. The third-order valence-corrected chi connectivity index (χ3v) is 4.56. The van der Waals surface area contributed by atoms with Crippen molar-refractivity contribution in [1.82, 2.24) is 9.78 Å². The Labute approximate surface area is 154 Å². The molecule has 0 radical (unpaired) electrons. The Balaban J connectivity index is 1.77. The molecule has 122 valence electrons. The summed E-state index contributed by atoms with van der Waals surface area (Å²) in [5.41, 5.74) is 1.41. The van der Waals surface area contributed by atoms with Gasteiger partial charge in [-0.3, -0.25) is 4.79 Å². The molecule has 0 aliphatic carbocycles. The van der Waals surface area contributed by atoms with Crippen molar-refractivity contribution >= 4 is 43.6 Å². The van der Waals surface area contributed by atoms with E-state index in [9.17, 15) is 9.18 Å². The molecule has 0 spiro atoms. The molecular weight excluding hydrogens is 441 g/mol. The molecule has 0 saturated carbocycles. The van der Waals surface area contributed by atoms with Crippen molar-refractivity contribution in [2.75, 3.05) is 5.32 Å². The van der Waals surface area contributed by atoms with Crippen LogP contribution in [0, 0.1) is 5.82 Å². The third kappa shape index (κ3) is 3.91. The normalized spacial score (nSPS) is 10.6. The Hall–Kier alpha value is -1.99. The summed E-state index contributed by atoms with van der Waals surface area (Å²) in [6, 6.07) is 13.5. The minimum atomic E-state index is -0.404. The summed E-state index contributed by atoms with van der Waals surface area (Å²) in [5, 5.41) is 7.03. The number of hydrogen-bond acceptors (Lipinski definition) is 2. The zero-order valence-electron chi connectivity index (χ0n) is 12.3. The maximum absolute atomic E-state index is 13.1. The minimum Gasteiger partial charge on any atom is -0.307 e. The molecule has 0 saturated heterocycles. The fraction of sp³-hybridized carbons (Fsp3) is 0.0588. The van der Waals surface area contributed by atoms with Crippen LogP contribution in [0.1, 0.15) is 15.9 Å². The molecule has 7 heteroatoms. The highest BCUT2D eigenvalue weighted by atomic mass is 79.9. The first-order valence-electron chi connectivity index (χ1n) is 7.05. The van der Waals surface area contributed by atoms with Crippen LogP contribution in [-0.4, -0.2) is 15.7 Å². The summed E-state index contributed by atoms with van der Waals surface area (Å²) >= 11 is 6.60. The molecule has 0 aliphatic heterocycles. The first kappa shape index (κ1) is 16.9. The molecular formula is C17H12Br2FN3O. The average Bonchev–Trinajstić information content (AvgIpc) is 2.96. The molecule has 3 rings (SSSR count). The van der Waals surface area contributed by atoms with Crippen molar-refractivity contribution in [3.8, 4) is 0 Å². The molecule has 2 aromatic carbocycles. The van der Waals surface area contributed by atoms with Crippen LogP contribution in [-0.2, 0) is 6.54 Å². The van der Waals surface area contributed by atoms with Gasteiger partial charge in [0.05, 0.1) is 18.3 Å². The lowest BCUT2D eigenvalue weighted by atomic mass is 10.2. The first-order valence-corrected chi connectivity index (χ1v) is 8.64. The predicted molar refractivity (Wildman–Crippen MR) is 97.5 cm³/mol. The smallest absolute Gasteiger partial charge is 0.257 e. The van der Waals surface area contributed by atoms with Gasteiger partial charge in [0.2, 0.25) is 0 Å². The molecule has 1 heterocycles. The Kier molecular flexibility index (Phi) is 5.11. The van der Waals surface area contributed by atoms with Crippen molar-refractivity contribution in [1.29, 1.82) is 0 Å². The summed E-state index contributed by atoms with van der Waals surface area (Å²) in [4.78, 5) is 12.4. The summed E-state index contributed by atoms with van der Waals surface area (Å²) in [7, 11) is 0. The van der Waals surface area contributed by atoms with E-state index >= 15 is 0 Å². The van der Waals surface area contributed by atoms with Crippen molar-refractivity contribution < 1.29 is 9.18 Å². The highest BCUT2D eigenvalue weighted by Gasteiger charge is 2.13. The van der Waals surface area contributed by atoms with E-state index in [1.54, 1.807) is 16.9 Å². The van der Waals surface area contributed by atoms with Gasteiger partial charge < -0.3 is 5.32 Å². The number of carbonyl (C=O) groups is 1. The highest BCUT2D eigenvalue weighted by molar-refractivity contribution is 9.10. The van der Waals surface area contributed by atoms with Gasteiger partial charge in [-0.2, -0.15) is 5.10 Å². The standard InChI is InChI=1S/C17H12Br2FN3O/c18-12-3-1-11(2-4-12)10-23-16(7-8-21-23)22-17(24)14-6-5-13(20)9-15(14)19/h1-9H,10H2,(H,22,24). The maximum Gasteiger partial charge on any atom is 0.257 e. The van der Waals surface area contributed by atoms with E-state index in [0.29, 0.717) is 22.4 Å². The fourth-order valence-electron chi connectivity index (χ4n) is 2.18. The van der Waals surface area contributed by atoms with Crippen molar-refractivity contribution in [3.63, 3.8) is 0 Å². The largest absolute Gasteiger partial charge is 0.307 e. The number of halogens is 3. The summed E-state index contributed by atoms with van der Waals surface area (Å²) in [5.74, 6) is -0.169. The van der Waals surface area contributed by atoms with Gasteiger partial charge in [0.25, 0.3) is 5.91 Å². The second-order valence-corrected chi connectivity index (χ2v) is 6.85. The topological polar surface area (TPSA) is 46.9 Å². The maximum atomic E-state index is 13.1. The molecule has 0 atom stereocenters. The molecule has 0 fully saturated rings. The van der Waals surface area contributed by atoms with Gasteiger partial charge in [-0.15, -0.1) is 0 Å². The average molecular weight is 453 g/mol. The molecule has 1 aromatic heterocycles. The van der Waals surface area contributed by atoms with Gasteiger partial charge in [-0.05, 0) is 51.8 Å². The van der Waals surface area contributed by atoms with Gasteiger partial charge in [0.15, 0.2) is 0 Å². The number of rotatable bonds is 4. The van der Waals surface area contributed by atoms with Crippen molar-refractivity contribution in [3.05, 3.63) is 80.6 Å². The predicted octanol–water partition coefficient (Wildman–Crippen LogP) is 4.85. The monoisotopic (exact) mass is 451 g/mol. The second-order valence-electron chi connectivity index (χ2n) is 5.08. The Morgan fingerprint density at radius 1 is 1.12 bits per heavy atom. The SMILES string of the molecule is O=C(Nc1ccnn1Cc1ccc(Br)cc1)c1ccc(F)cc1Br. The van der Waals surface area contributed by atoms with E-state index in [2.05, 4.69) is 42.3 Å². The van der Waals surface area contributed by atoms with Crippen LogP contribution in [0.2, 0.25) is 0 Å². The molecule has 0 bridgehead atoms. The second kappa shape index (κ2) is 7.27. The molecule has 0 aliphatic rings. The van der Waals surface area contributed by atoms with Crippen LogP contribution in [0.25, 0.3) is 0 Å². The summed E-state index contributed by atoms with van der Waals surface area (Å²) < 4.78 is 16.2. The van der Waals surface area contributed by atoms with Crippen LogP contribution < -0.4 is 5.32 Å². The van der Waals surface area contributed by atoms with Crippen LogP contribution in [0.3, 0.4) is 0 Å². The Morgan fingerprint density at radius 3 is 2.58 bits per heavy atom. The molecule has 0 unspecified atom stereocenters. The lowest BCUT2D eigenvalue weighted by molar-refractivity contribution is 0.102. The fourth-order valence-corrected chi connectivity index (χ4v) is 2.98. The zero-order valence-corrected chi connectivity index (χ0v) is 15.5. The number of benzene rings is 2. The number of hydrogen-bond donors (Lipinski definition) is 1. The quantitative estimate of drug-likeness (QED) is 0.615. The molecule has 3 aromatic rings. The van der Waals surface area contributed by atoms with Crippen molar-refractivity contribution in [2.45, 2.75) is 6.54 Å². The van der Waals surface area contributed by atoms with E-state index in [-0.39, 0.29) is 5.91 Å². The number of aromatic nitrogens is 2. The van der Waals surface area contributed by atoms with Crippen molar-refractivity contribution in [2.24, 2.45) is 0 Å². The van der Waals surface area contributed by atoms with E-state index < -0.39 is 5.82 Å². The third-order valence-electron chi connectivity index (χ3n) is 3.38. The number of anilines is 1. The number of amides is 1.